The number of nitrogens with zero attached hydrogens (tertiary/aromatic N) is 3. The predicted octanol–water partition coefficient (Wildman–Crippen LogP) is 2.76. The second kappa shape index (κ2) is 6.58. The van der Waals surface area contributed by atoms with Gasteiger partial charge in [-0.2, -0.15) is 4.37 Å². The lowest BCUT2D eigenvalue weighted by atomic mass is 10.1. The third-order valence-electron chi connectivity index (χ3n) is 4.24. The molecule has 0 aliphatic carbocycles. The number of carbonyl (C=O) groups excluding carboxylic acids is 1. The monoisotopic (exact) mass is 330 g/mol. The Balaban J connectivity index is 1.69. The van der Waals surface area contributed by atoms with Gasteiger partial charge in [-0.05, 0) is 43.1 Å². The quantitative estimate of drug-likeness (QED) is 0.940. The first-order valence-electron chi connectivity index (χ1n) is 7.85. The fourth-order valence-electron chi connectivity index (χ4n) is 2.94. The Morgan fingerprint density at radius 2 is 1.96 bits per heavy atom. The van der Waals surface area contributed by atoms with E-state index in [1.54, 1.807) is 0 Å². The molecule has 5 nitrogen and oxygen atoms in total. The average molecular weight is 330 g/mol. The van der Waals surface area contributed by atoms with Crippen molar-refractivity contribution in [1.82, 2.24) is 9.27 Å². The van der Waals surface area contributed by atoms with Crippen molar-refractivity contribution in [2.24, 2.45) is 0 Å². The summed E-state index contributed by atoms with van der Waals surface area (Å²) in [4.78, 5) is 17.1. The van der Waals surface area contributed by atoms with Crippen LogP contribution in [-0.2, 0) is 0 Å². The summed E-state index contributed by atoms with van der Waals surface area (Å²) in [6.45, 7) is 7.21. The zero-order valence-electron chi connectivity index (χ0n) is 13.8. The molecule has 1 amide bonds. The first-order chi connectivity index (χ1) is 11.1. The van der Waals surface area contributed by atoms with Crippen LogP contribution in [0.4, 0.5) is 10.7 Å². The van der Waals surface area contributed by atoms with Gasteiger partial charge in [0.2, 0.25) is 0 Å². The van der Waals surface area contributed by atoms with Crippen molar-refractivity contribution in [1.29, 1.82) is 0 Å². The Kier molecular flexibility index (Phi) is 4.52. The van der Waals surface area contributed by atoms with Crippen LogP contribution in [-0.4, -0.2) is 48.4 Å². The molecule has 122 valence electrons. The third kappa shape index (κ3) is 3.17. The maximum Gasteiger partial charge on any atom is 0.258 e. The van der Waals surface area contributed by atoms with Gasteiger partial charge in [0.25, 0.3) is 5.91 Å². The second-order valence-corrected chi connectivity index (χ2v) is 6.61. The maximum absolute atomic E-state index is 12.8. The van der Waals surface area contributed by atoms with Crippen molar-refractivity contribution in [2.75, 3.05) is 43.4 Å². The van der Waals surface area contributed by atoms with E-state index in [0.29, 0.717) is 0 Å². The minimum atomic E-state index is 0.0875. The summed E-state index contributed by atoms with van der Waals surface area (Å²) in [5.41, 5.74) is 4.04. The highest BCUT2D eigenvalue weighted by atomic mass is 32.1. The number of nitrogens with one attached hydrogen (secondary N) is 1. The number of amides is 1. The van der Waals surface area contributed by atoms with Crippen LogP contribution in [0.15, 0.2) is 24.3 Å². The summed E-state index contributed by atoms with van der Waals surface area (Å²) in [5.74, 6) is 0.0875. The summed E-state index contributed by atoms with van der Waals surface area (Å²) in [5, 5.41) is 3.93. The number of benzene rings is 1. The van der Waals surface area contributed by atoms with Gasteiger partial charge in [-0.15, -0.1) is 0 Å². The number of aryl methyl sites for hydroxylation is 2. The molecule has 0 radical (unpaired) electrons. The molecule has 2 heterocycles. The summed E-state index contributed by atoms with van der Waals surface area (Å²) in [6, 6.07) is 8.52. The molecule has 1 saturated heterocycles. The standard InChI is InChI=1S/C17H22N4OS/c1-12-5-4-6-14(11-12)20-7-9-21(10-8-20)17(22)15-13(2)19-23-16(15)18-3/h4-6,11,18H,7-10H2,1-3H3. The second-order valence-electron chi connectivity index (χ2n) is 5.84. The number of rotatable bonds is 3. The van der Waals surface area contributed by atoms with Gasteiger partial charge in [0.1, 0.15) is 5.00 Å². The topological polar surface area (TPSA) is 48.5 Å². The molecule has 1 aliphatic heterocycles. The van der Waals surface area contributed by atoms with Crippen molar-refractivity contribution in [3.8, 4) is 0 Å². The SMILES string of the molecule is CNc1snc(C)c1C(=O)N1CCN(c2cccc(C)c2)CC1. The minimum Gasteiger partial charge on any atom is -0.378 e. The van der Waals surface area contributed by atoms with Crippen molar-refractivity contribution in [3.05, 3.63) is 41.1 Å². The minimum absolute atomic E-state index is 0.0875. The van der Waals surface area contributed by atoms with Gasteiger partial charge in [-0.3, -0.25) is 4.79 Å². The van der Waals surface area contributed by atoms with E-state index in [4.69, 9.17) is 0 Å². The van der Waals surface area contributed by atoms with Gasteiger partial charge in [0, 0.05) is 38.9 Å². The van der Waals surface area contributed by atoms with E-state index in [1.165, 1.54) is 22.8 Å². The molecule has 23 heavy (non-hydrogen) atoms. The van der Waals surface area contributed by atoms with Gasteiger partial charge in [-0.1, -0.05) is 12.1 Å². The first kappa shape index (κ1) is 15.8. The van der Waals surface area contributed by atoms with E-state index < -0.39 is 0 Å². The Bertz CT molecular complexity index is 704. The van der Waals surface area contributed by atoms with E-state index >= 15 is 0 Å². The number of piperazine rings is 1. The molecule has 3 rings (SSSR count). The van der Waals surface area contributed by atoms with E-state index in [-0.39, 0.29) is 5.91 Å². The van der Waals surface area contributed by atoms with Gasteiger partial charge >= 0.3 is 0 Å². The number of aromatic nitrogens is 1. The van der Waals surface area contributed by atoms with Crippen molar-refractivity contribution >= 4 is 28.1 Å². The fraction of sp³-hybridized carbons (Fsp3) is 0.412. The number of hydrogen-bond donors (Lipinski definition) is 1. The molecular formula is C17H22N4OS. The van der Waals surface area contributed by atoms with Crippen LogP contribution in [0.5, 0.6) is 0 Å². The van der Waals surface area contributed by atoms with E-state index in [0.717, 1.165) is 42.4 Å². The molecule has 1 N–H and O–H groups in total. The fourth-order valence-corrected chi connectivity index (χ4v) is 3.68. The van der Waals surface area contributed by atoms with Crippen LogP contribution < -0.4 is 10.2 Å². The van der Waals surface area contributed by atoms with Crippen molar-refractivity contribution in [2.45, 2.75) is 13.8 Å². The predicted molar refractivity (Wildman–Crippen MR) is 95.7 cm³/mol. The highest BCUT2D eigenvalue weighted by Crippen LogP contribution is 2.26. The molecule has 1 aromatic heterocycles. The first-order valence-corrected chi connectivity index (χ1v) is 8.62. The van der Waals surface area contributed by atoms with E-state index in [2.05, 4.69) is 45.8 Å². The molecule has 0 bridgehead atoms. The number of hydrogen-bond acceptors (Lipinski definition) is 5. The molecule has 1 fully saturated rings. The molecule has 2 aromatic rings. The largest absolute Gasteiger partial charge is 0.378 e. The van der Waals surface area contributed by atoms with Crippen LogP contribution >= 0.6 is 11.5 Å². The molecule has 0 spiro atoms. The van der Waals surface area contributed by atoms with Gasteiger partial charge in [-0.25, -0.2) is 0 Å². The van der Waals surface area contributed by atoms with Crippen LogP contribution in [0.3, 0.4) is 0 Å². The molecule has 1 aliphatic rings. The Morgan fingerprint density at radius 3 is 2.61 bits per heavy atom. The van der Waals surface area contributed by atoms with Gasteiger partial charge < -0.3 is 15.1 Å². The van der Waals surface area contributed by atoms with Crippen molar-refractivity contribution < 1.29 is 4.79 Å². The zero-order chi connectivity index (χ0) is 16.4. The van der Waals surface area contributed by atoms with Crippen LogP contribution in [0.2, 0.25) is 0 Å². The molecule has 0 atom stereocenters. The van der Waals surface area contributed by atoms with Crippen LogP contribution in [0, 0.1) is 13.8 Å². The van der Waals surface area contributed by atoms with E-state index in [9.17, 15) is 4.79 Å². The molecule has 0 unspecified atom stereocenters. The van der Waals surface area contributed by atoms with Gasteiger partial charge in [0.15, 0.2) is 0 Å². The number of anilines is 2. The Hall–Kier alpha value is -2.08. The molecule has 1 aromatic carbocycles. The van der Waals surface area contributed by atoms with Crippen LogP contribution in [0.1, 0.15) is 21.6 Å². The van der Waals surface area contributed by atoms with Crippen LogP contribution in [0.25, 0.3) is 0 Å². The Labute approximate surface area is 141 Å². The summed E-state index contributed by atoms with van der Waals surface area (Å²) < 4.78 is 4.30. The molecule has 6 heteroatoms. The third-order valence-corrected chi connectivity index (χ3v) is 5.19. The lowest BCUT2D eigenvalue weighted by molar-refractivity contribution is 0.0747. The summed E-state index contributed by atoms with van der Waals surface area (Å²) >= 11 is 1.35. The highest BCUT2D eigenvalue weighted by molar-refractivity contribution is 7.10. The maximum atomic E-state index is 12.8. The lowest BCUT2D eigenvalue weighted by Gasteiger charge is -2.36. The summed E-state index contributed by atoms with van der Waals surface area (Å²) in [7, 11) is 1.83. The highest BCUT2D eigenvalue weighted by Gasteiger charge is 2.26. The molecular weight excluding hydrogens is 308 g/mol. The van der Waals surface area contributed by atoms with Gasteiger partial charge in [0.05, 0.1) is 11.3 Å². The molecule has 0 saturated carbocycles. The normalized spacial score (nSPS) is 14.9. The van der Waals surface area contributed by atoms with Crippen molar-refractivity contribution in [3.63, 3.8) is 0 Å². The smallest absolute Gasteiger partial charge is 0.258 e. The number of carbonyl (C=O) groups is 1. The lowest BCUT2D eigenvalue weighted by Crippen LogP contribution is -2.49. The van der Waals surface area contributed by atoms with E-state index in [1.807, 2.05) is 18.9 Å². The Morgan fingerprint density at radius 1 is 1.22 bits per heavy atom. The summed E-state index contributed by atoms with van der Waals surface area (Å²) in [6.07, 6.45) is 0. The average Bonchev–Trinajstić information content (AvgIpc) is 2.95. The zero-order valence-corrected chi connectivity index (χ0v) is 14.6.